The molecule has 1 heterocycles. The van der Waals surface area contributed by atoms with Crippen LogP contribution in [-0.2, 0) is 16.1 Å². The molecule has 0 fully saturated rings. The number of nitrogens with one attached hydrogen (secondary N) is 1. The molecule has 1 N–H and O–H groups in total. The third-order valence-electron chi connectivity index (χ3n) is 2.71. The number of nitrogens with zero attached hydrogens (tertiary/aromatic N) is 1. The summed E-state index contributed by atoms with van der Waals surface area (Å²) in [4.78, 5) is 23.3. The van der Waals surface area contributed by atoms with Crippen molar-refractivity contribution in [3.8, 4) is 11.3 Å². The van der Waals surface area contributed by atoms with Crippen LogP contribution in [-0.4, -0.2) is 30.7 Å². The molecular formula is C14H16N2O4. The first-order valence-corrected chi connectivity index (χ1v) is 6.22. The van der Waals surface area contributed by atoms with Crippen molar-refractivity contribution in [2.45, 2.75) is 6.54 Å². The quantitative estimate of drug-likeness (QED) is 0.795. The maximum atomic E-state index is 11.7. The summed E-state index contributed by atoms with van der Waals surface area (Å²) in [6.07, 6.45) is 1.54. The Hall–Kier alpha value is -2.34. The monoisotopic (exact) mass is 276 g/mol. The Balaban J connectivity index is 2.05. The van der Waals surface area contributed by atoms with Gasteiger partial charge in [0.15, 0.2) is 5.76 Å². The van der Waals surface area contributed by atoms with Crippen LogP contribution in [0.2, 0.25) is 0 Å². The molecule has 1 amide bonds. The molecule has 6 heteroatoms. The Morgan fingerprint density at radius 2 is 2.10 bits per heavy atom. The molecule has 106 valence electrons. The van der Waals surface area contributed by atoms with E-state index in [1.165, 1.54) is 10.8 Å². The number of ether oxygens (including phenoxy) is 1. The van der Waals surface area contributed by atoms with E-state index in [9.17, 15) is 9.59 Å². The van der Waals surface area contributed by atoms with Crippen molar-refractivity contribution in [1.29, 1.82) is 0 Å². The smallest absolute Gasteiger partial charge is 0.408 e. The molecule has 20 heavy (non-hydrogen) atoms. The van der Waals surface area contributed by atoms with Gasteiger partial charge >= 0.3 is 5.76 Å². The minimum Gasteiger partial charge on any atom is -0.408 e. The fourth-order valence-corrected chi connectivity index (χ4v) is 1.72. The molecule has 0 atom stereocenters. The topological polar surface area (TPSA) is 73.5 Å². The average molecular weight is 276 g/mol. The van der Waals surface area contributed by atoms with Gasteiger partial charge in [-0.2, -0.15) is 0 Å². The minimum atomic E-state index is -0.550. The highest BCUT2D eigenvalue weighted by molar-refractivity contribution is 5.75. The summed E-state index contributed by atoms with van der Waals surface area (Å²) in [7, 11) is 1.55. The highest BCUT2D eigenvalue weighted by atomic mass is 16.5. The van der Waals surface area contributed by atoms with E-state index in [0.717, 1.165) is 5.56 Å². The number of methoxy groups -OCH3 is 1. The number of hydrogen-bond donors (Lipinski definition) is 1. The second-order valence-electron chi connectivity index (χ2n) is 4.20. The molecule has 0 aliphatic rings. The van der Waals surface area contributed by atoms with Crippen molar-refractivity contribution in [3.63, 3.8) is 0 Å². The zero-order valence-electron chi connectivity index (χ0n) is 11.2. The van der Waals surface area contributed by atoms with E-state index in [2.05, 4.69) is 5.32 Å². The van der Waals surface area contributed by atoms with Gasteiger partial charge in [0.2, 0.25) is 5.91 Å². The van der Waals surface area contributed by atoms with Crippen molar-refractivity contribution in [2.75, 3.05) is 20.3 Å². The van der Waals surface area contributed by atoms with Gasteiger partial charge in [-0.15, -0.1) is 0 Å². The third kappa shape index (κ3) is 3.58. The Kier molecular flexibility index (Phi) is 4.73. The average Bonchev–Trinajstić information content (AvgIpc) is 2.81. The first-order valence-electron chi connectivity index (χ1n) is 6.22. The van der Waals surface area contributed by atoms with Crippen molar-refractivity contribution >= 4 is 5.91 Å². The van der Waals surface area contributed by atoms with Gasteiger partial charge in [-0.3, -0.25) is 9.36 Å². The number of amides is 1. The maximum Gasteiger partial charge on any atom is 0.419 e. The van der Waals surface area contributed by atoms with E-state index in [1.54, 1.807) is 7.11 Å². The maximum absolute atomic E-state index is 11.7. The van der Waals surface area contributed by atoms with Crippen LogP contribution in [0.3, 0.4) is 0 Å². The first kappa shape index (κ1) is 14.1. The van der Waals surface area contributed by atoms with Crippen molar-refractivity contribution in [3.05, 3.63) is 47.1 Å². The van der Waals surface area contributed by atoms with Crippen LogP contribution >= 0.6 is 0 Å². The zero-order chi connectivity index (χ0) is 14.4. The van der Waals surface area contributed by atoms with Gasteiger partial charge in [0, 0.05) is 19.2 Å². The minimum absolute atomic E-state index is 0.0706. The first-order chi connectivity index (χ1) is 9.70. The van der Waals surface area contributed by atoms with Crippen molar-refractivity contribution in [1.82, 2.24) is 9.88 Å². The van der Waals surface area contributed by atoms with Gasteiger partial charge in [-0.1, -0.05) is 30.3 Å². The summed E-state index contributed by atoms with van der Waals surface area (Å²) in [5.41, 5.74) is 0.795. The lowest BCUT2D eigenvalue weighted by Crippen LogP contribution is -2.32. The van der Waals surface area contributed by atoms with E-state index >= 15 is 0 Å². The Morgan fingerprint density at radius 1 is 1.35 bits per heavy atom. The van der Waals surface area contributed by atoms with Crippen LogP contribution < -0.4 is 11.1 Å². The van der Waals surface area contributed by atoms with Crippen LogP contribution in [0.5, 0.6) is 0 Å². The highest BCUT2D eigenvalue weighted by Crippen LogP contribution is 2.16. The molecule has 0 saturated heterocycles. The summed E-state index contributed by atoms with van der Waals surface area (Å²) in [5.74, 6) is -0.365. The Labute approximate surface area is 116 Å². The molecule has 0 saturated carbocycles. The fourth-order valence-electron chi connectivity index (χ4n) is 1.72. The molecule has 0 unspecified atom stereocenters. The van der Waals surface area contributed by atoms with Crippen LogP contribution in [0, 0.1) is 0 Å². The molecule has 2 rings (SSSR count). The van der Waals surface area contributed by atoms with E-state index in [4.69, 9.17) is 9.15 Å². The third-order valence-corrected chi connectivity index (χ3v) is 2.71. The van der Waals surface area contributed by atoms with E-state index in [-0.39, 0.29) is 12.5 Å². The summed E-state index contributed by atoms with van der Waals surface area (Å²) < 4.78 is 11.2. The molecule has 0 spiro atoms. The summed E-state index contributed by atoms with van der Waals surface area (Å²) in [6.45, 7) is 0.771. The molecule has 0 aliphatic heterocycles. The van der Waals surface area contributed by atoms with Gasteiger partial charge in [0.1, 0.15) is 6.54 Å². The lowest BCUT2D eigenvalue weighted by molar-refractivity contribution is -0.121. The van der Waals surface area contributed by atoms with Crippen molar-refractivity contribution < 1.29 is 13.9 Å². The van der Waals surface area contributed by atoms with Crippen molar-refractivity contribution in [2.24, 2.45) is 0 Å². The summed E-state index contributed by atoms with van der Waals surface area (Å²) in [6, 6.07) is 9.25. The Bertz CT molecular complexity index is 616. The lowest BCUT2D eigenvalue weighted by atomic mass is 10.2. The molecule has 1 aromatic heterocycles. The van der Waals surface area contributed by atoms with Gasteiger partial charge in [0.25, 0.3) is 0 Å². The predicted octanol–water partition coefficient (Wildman–Crippen LogP) is 0.871. The molecule has 0 aliphatic carbocycles. The number of hydrogen-bond acceptors (Lipinski definition) is 4. The Morgan fingerprint density at radius 3 is 2.80 bits per heavy atom. The number of carbonyl (C=O) groups is 1. The van der Waals surface area contributed by atoms with Crippen LogP contribution in [0.4, 0.5) is 0 Å². The second kappa shape index (κ2) is 6.72. The normalized spacial score (nSPS) is 10.4. The van der Waals surface area contributed by atoms with E-state index in [0.29, 0.717) is 18.9 Å². The summed E-state index contributed by atoms with van der Waals surface area (Å²) >= 11 is 0. The molecule has 0 radical (unpaired) electrons. The van der Waals surface area contributed by atoms with Crippen LogP contribution in [0.25, 0.3) is 11.3 Å². The predicted molar refractivity (Wildman–Crippen MR) is 73.3 cm³/mol. The zero-order valence-corrected chi connectivity index (χ0v) is 11.2. The van der Waals surface area contributed by atoms with Crippen LogP contribution in [0.1, 0.15) is 0 Å². The second-order valence-corrected chi connectivity index (χ2v) is 4.20. The molecular weight excluding hydrogens is 260 g/mol. The largest absolute Gasteiger partial charge is 0.419 e. The standard InChI is InChI=1S/C14H16N2O4/c1-19-8-7-15-13(17)10-16-9-12(20-14(16)18)11-5-3-2-4-6-11/h2-6,9H,7-8,10H2,1H3,(H,15,17). The number of oxazole rings is 1. The number of benzene rings is 1. The molecule has 0 bridgehead atoms. The van der Waals surface area contributed by atoms with Crippen LogP contribution in [0.15, 0.2) is 45.7 Å². The van der Waals surface area contributed by atoms with Gasteiger partial charge < -0.3 is 14.5 Å². The van der Waals surface area contributed by atoms with E-state index in [1.807, 2.05) is 30.3 Å². The fraction of sp³-hybridized carbons (Fsp3) is 0.286. The van der Waals surface area contributed by atoms with Gasteiger partial charge in [-0.25, -0.2) is 4.79 Å². The van der Waals surface area contributed by atoms with Gasteiger partial charge in [0.05, 0.1) is 12.8 Å². The molecule has 2 aromatic rings. The number of carbonyl (C=O) groups excluding carboxylic acids is 1. The number of aromatic nitrogens is 1. The SMILES string of the molecule is COCCNC(=O)Cn1cc(-c2ccccc2)oc1=O. The van der Waals surface area contributed by atoms with Gasteiger partial charge in [-0.05, 0) is 0 Å². The molecule has 6 nitrogen and oxygen atoms in total. The highest BCUT2D eigenvalue weighted by Gasteiger charge is 2.10. The summed E-state index contributed by atoms with van der Waals surface area (Å²) in [5, 5.41) is 2.64. The number of rotatable bonds is 6. The molecule has 1 aromatic carbocycles. The van der Waals surface area contributed by atoms with E-state index < -0.39 is 5.76 Å². The lowest BCUT2D eigenvalue weighted by Gasteiger charge is -2.03.